The highest BCUT2D eigenvalue weighted by Crippen LogP contribution is 2.30. The van der Waals surface area contributed by atoms with E-state index in [0.29, 0.717) is 29.5 Å². The maximum Gasteiger partial charge on any atom is 0.261 e. The zero-order valence-electron chi connectivity index (χ0n) is 16.6. The van der Waals surface area contributed by atoms with Gasteiger partial charge in [0.15, 0.2) is 0 Å². The largest absolute Gasteiger partial charge is 0.298 e. The molecule has 0 spiro atoms. The summed E-state index contributed by atoms with van der Waals surface area (Å²) in [4.78, 5) is 28.5. The maximum absolute atomic E-state index is 12.9. The Labute approximate surface area is 176 Å². The van der Waals surface area contributed by atoms with Crippen LogP contribution in [0.4, 0.5) is 0 Å². The topological polar surface area (TPSA) is 78.0 Å². The zero-order valence-corrected chi connectivity index (χ0v) is 18.3. The number of carbonyl (C=O) groups excluding carboxylic acids is 2. The molecule has 0 aliphatic carbocycles. The summed E-state index contributed by atoms with van der Waals surface area (Å²) < 4.78 is 27.4. The van der Waals surface area contributed by atoms with E-state index in [4.69, 9.17) is 0 Å². The first-order valence-electron chi connectivity index (χ1n) is 10.1. The van der Waals surface area contributed by atoms with Crippen LogP contribution in [0.25, 0.3) is 0 Å². The number of sulfonamides is 1. The minimum absolute atomic E-state index is 0.0474. The quantitative estimate of drug-likeness (QED) is 0.602. The lowest BCUT2D eigenvalue weighted by Gasteiger charge is -2.27. The van der Waals surface area contributed by atoms with Crippen molar-refractivity contribution in [1.29, 1.82) is 0 Å². The summed E-state index contributed by atoms with van der Waals surface area (Å²) in [5.74, 6) is -0.713. The van der Waals surface area contributed by atoms with Crippen molar-refractivity contribution in [2.45, 2.75) is 30.6 Å². The smallest absolute Gasteiger partial charge is 0.261 e. The van der Waals surface area contributed by atoms with Gasteiger partial charge < -0.3 is 0 Å². The highest BCUT2D eigenvalue weighted by molar-refractivity contribution is 7.99. The SMILES string of the molecule is CS[C@@H]1CN(S(=O)(=O)CCCN2C(=O)c3ccccc3C2=O)C[C@H]1N1CCCC1. The minimum Gasteiger partial charge on any atom is -0.298 e. The molecular weight excluding hydrogens is 410 g/mol. The molecule has 0 aromatic heterocycles. The molecule has 2 amide bonds. The molecule has 158 valence electrons. The Hall–Kier alpha value is -1.42. The number of carbonyl (C=O) groups is 2. The number of likely N-dealkylation sites (tertiary alicyclic amines) is 1. The van der Waals surface area contributed by atoms with Crippen LogP contribution in [-0.4, -0.2) is 90.4 Å². The van der Waals surface area contributed by atoms with Gasteiger partial charge in [-0.1, -0.05) is 12.1 Å². The predicted molar refractivity (Wildman–Crippen MR) is 114 cm³/mol. The van der Waals surface area contributed by atoms with Gasteiger partial charge in [-0.3, -0.25) is 19.4 Å². The molecule has 7 nitrogen and oxygen atoms in total. The second kappa shape index (κ2) is 8.37. The van der Waals surface area contributed by atoms with Gasteiger partial charge in [0.1, 0.15) is 0 Å². The molecule has 0 saturated carbocycles. The van der Waals surface area contributed by atoms with Crippen molar-refractivity contribution in [2.75, 3.05) is 44.7 Å². The summed E-state index contributed by atoms with van der Waals surface area (Å²) in [6, 6.07) is 7.00. The fourth-order valence-corrected chi connectivity index (χ4v) is 7.10. The Bertz CT molecular complexity index is 864. The summed E-state index contributed by atoms with van der Waals surface area (Å²) in [7, 11) is -3.42. The van der Waals surface area contributed by atoms with Crippen LogP contribution in [-0.2, 0) is 10.0 Å². The number of rotatable bonds is 7. The van der Waals surface area contributed by atoms with Crippen LogP contribution in [0.15, 0.2) is 24.3 Å². The number of benzene rings is 1. The number of hydrogen-bond acceptors (Lipinski definition) is 6. The molecule has 3 heterocycles. The Morgan fingerprint density at radius 1 is 1.03 bits per heavy atom. The Kier molecular flexibility index (Phi) is 6.02. The van der Waals surface area contributed by atoms with E-state index in [1.807, 2.05) is 6.26 Å². The van der Waals surface area contributed by atoms with Gasteiger partial charge in [0.2, 0.25) is 10.0 Å². The molecule has 29 heavy (non-hydrogen) atoms. The Morgan fingerprint density at radius 2 is 1.66 bits per heavy atom. The first-order valence-corrected chi connectivity index (χ1v) is 13.0. The fourth-order valence-electron chi connectivity index (χ4n) is 4.58. The maximum atomic E-state index is 12.9. The molecule has 3 aliphatic rings. The molecule has 2 atom stereocenters. The molecule has 4 rings (SSSR count). The minimum atomic E-state index is -3.42. The van der Waals surface area contributed by atoms with Gasteiger partial charge in [-0.15, -0.1) is 0 Å². The number of amides is 2. The van der Waals surface area contributed by atoms with Crippen molar-refractivity contribution in [3.05, 3.63) is 35.4 Å². The third-order valence-corrected chi connectivity index (χ3v) is 9.13. The van der Waals surface area contributed by atoms with Gasteiger partial charge in [-0.2, -0.15) is 16.1 Å². The zero-order chi connectivity index (χ0) is 20.6. The van der Waals surface area contributed by atoms with Crippen LogP contribution in [0.2, 0.25) is 0 Å². The highest BCUT2D eigenvalue weighted by Gasteiger charge is 2.42. The first kappa shape index (κ1) is 20.8. The van der Waals surface area contributed by atoms with Crippen LogP contribution >= 0.6 is 11.8 Å². The average molecular weight is 438 g/mol. The van der Waals surface area contributed by atoms with E-state index in [9.17, 15) is 18.0 Å². The standard InChI is InChI=1S/C20H27N3O4S2/c1-28-18-14-22(13-17(18)21-9-4-5-10-21)29(26,27)12-6-11-23-19(24)15-7-2-3-8-16(15)20(23)25/h2-3,7-8,17-18H,4-6,9-14H2,1H3/t17-,18-/m1/s1. The molecule has 0 unspecified atom stereocenters. The number of imide groups is 1. The molecule has 3 aliphatic heterocycles. The van der Waals surface area contributed by atoms with E-state index >= 15 is 0 Å². The first-order chi connectivity index (χ1) is 13.9. The molecule has 1 aromatic carbocycles. The molecule has 0 bridgehead atoms. The third-order valence-electron chi connectivity index (χ3n) is 6.17. The molecule has 0 N–H and O–H groups in total. The number of fused-ring (bicyclic) bond motifs is 1. The molecule has 1 aromatic rings. The monoisotopic (exact) mass is 437 g/mol. The van der Waals surface area contributed by atoms with Crippen molar-refractivity contribution in [3.63, 3.8) is 0 Å². The van der Waals surface area contributed by atoms with Crippen molar-refractivity contribution < 1.29 is 18.0 Å². The van der Waals surface area contributed by atoms with Crippen molar-refractivity contribution in [3.8, 4) is 0 Å². The van der Waals surface area contributed by atoms with Crippen LogP contribution in [0, 0.1) is 0 Å². The van der Waals surface area contributed by atoms with Gasteiger partial charge in [-0.05, 0) is 50.7 Å². The van der Waals surface area contributed by atoms with E-state index < -0.39 is 10.0 Å². The van der Waals surface area contributed by atoms with Crippen LogP contribution in [0.1, 0.15) is 40.0 Å². The van der Waals surface area contributed by atoms with Crippen molar-refractivity contribution in [2.24, 2.45) is 0 Å². The molecule has 9 heteroatoms. The molecule has 0 radical (unpaired) electrons. The van der Waals surface area contributed by atoms with Gasteiger partial charge in [0.25, 0.3) is 11.8 Å². The molecule has 2 saturated heterocycles. The lowest BCUT2D eigenvalue weighted by atomic mass is 10.1. The van der Waals surface area contributed by atoms with E-state index in [0.717, 1.165) is 13.1 Å². The van der Waals surface area contributed by atoms with Gasteiger partial charge >= 0.3 is 0 Å². The summed E-state index contributed by atoms with van der Waals surface area (Å²) in [6.45, 7) is 3.31. The van der Waals surface area contributed by atoms with Crippen LogP contribution in [0.5, 0.6) is 0 Å². The average Bonchev–Trinajstić information content (AvgIpc) is 3.43. The van der Waals surface area contributed by atoms with E-state index in [-0.39, 0.29) is 36.6 Å². The Morgan fingerprint density at radius 3 is 2.24 bits per heavy atom. The van der Waals surface area contributed by atoms with Crippen molar-refractivity contribution in [1.82, 2.24) is 14.1 Å². The van der Waals surface area contributed by atoms with Crippen LogP contribution < -0.4 is 0 Å². The predicted octanol–water partition coefficient (Wildman–Crippen LogP) is 1.51. The second-order valence-corrected chi connectivity index (χ2v) is 11.0. The highest BCUT2D eigenvalue weighted by atomic mass is 32.2. The van der Waals surface area contributed by atoms with Gasteiger partial charge in [0.05, 0.1) is 16.9 Å². The number of nitrogens with zero attached hydrogens (tertiary/aromatic N) is 3. The number of thioether (sulfide) groups is 1. The summed E-state index contributed by atoms with van der Waals surface area (Å²) in [5, 5.41) is 0.291. The lowest BCUT2D eigenvalue weighted by molar-refractivity contribution is 0.0654. The molecule has 2 fully saturated rings. The van der Waals surface area contributed by atoms with Gasteiger partial charge in [-0.25, -0.2) is 8.42 Å². The van der Waals surface area contributed by atoms with E-state index in [2.05, 4.69) is 4.90 Å². The van der Waals surface area contributed by atoms with Gasteiger partial charge in [0, 0.05) is 30.9 Å². The summed E-state index contributed by atoms with van der Waals surface area (Å²) >= 11 is 1.74. The van der Waals surface area contributed by atoms with E-state index in [1.165, 1.54) is 17.7 Å². The molecular formula is C20H27N3O4S2. The fraction of sp³-hybridized carbons (Fsp3) is 0.600. The number of hydrogen-bond donors (Lipinski definition) is 0. The summed E-state index contributed by atoms with van der Waals surface area (Å²) in [6.07, 6.45) is 4.67. The third kappa shape index (κ3) is 3.97. The summed E-state index contributed by atoms with van der Waals surface area (Å²) in [5.41, 5.74) is 0.798. The second-order valence-electron chi connectivity index (χ2n) is 7.88. The Balaban J connectivity index is 1.35. The normalized spacial score (nSPS) is 25.9. The van der Waals surface area contributed by atoms with Crippen molar-refractivity contribution >= 4 is 33.6 Å². The lowest BCUT2D eigenvalue weighted by Crippen LogP contribution is -2.41. The van der Waals surface area contributed by atoms with Crippen LogP contribution in [0.3, 0.4) is 0 Å². The van der Waals surface area contributed by atoms with E-state index in [1.54, 1.807) is 40.3 Å².